The maximum absolute atomic E-state index is 10.3. The van der Waals surface area contributed by atoms with E-state index < -0.39 is 13.7 Å². The number of aliphatic hydroxyl groups excluding tert-OH is 1. The van der Waals surface area contributed by atoms with Gasteiger partial charge in [0.2, 0.25) is 0 Å². The van der Waals surface area contributed by atoms with E-state index in [0.717, 1.165) is 35.5 Å². The lowest BCUT2D eigenvalue weighted by atomic mass is 9.72. The van der Waals surface area contributed by atoms with E-state index in [1.807, 2.05) is 6.07 Å². The summed E-state index contributed by atoms with van der Waals surface area (Å²) in [7, 11) is -0.212. The Balaban J connectivity index is 2.03. The minimum absolute atomic E-state index is 0.0292. The first-order valence-corrected chi connectivity index (χ1v) is 12.4. The van der Waals surface area contributed by atoms with Gasteiger partial charge in [-0.15, -0.1) is 0 Å². The second-order valence-corrected chi connectivity index (χ2v) is 13.8. The number of rotatable bonds is 5. The molecule has 144 valence electrons. The van der Waals surface area contributed by atoms with Gasteiger partial charge in [-0.3, -0.25) is 0 Å². The summed E-state index contributed by atoms with van der Waals surface area (Å²) in [6, 6.07) is 4.02. The van der Waals surface area contributed by atoms with Crippen LogP contribution in [0.4, 0.5) is 0 Å². The van der Waals surface area contributed by atoms with Gasteiger partial charge in [-0.1, -0.05) is 39.0 Å². The average Bonchev–Trinajstić information content (AvgIpc) is 2.94. The van der Waals surface area contributed by atoms with E-state index in [4.69, 9.17) is 13.9 Å². The van der Waals surface area contributed by atoms with E-state index in [0.29, 0.717) is 6.61 Å². The van der Waals surface area contributed by atoms with Crippen LogP contribution in [0.25, 0.3) is 0 Å². The molecule has 2 aliphatic rings. The minimum Gasteiger partial charge on any atom is -0.493 e. The first-order valence-electron chi connectivity index (χ1n) is 9.46. The van der Waals surface area contributed by atoms with Crippen LogP contribution < -0.4 is 9.47 Å². The zero-order chi connectivity index (χ0) is 19.2. The molecular formula is C21H32O4Si. The van der Waals surface area contributed by atoms with Gasteiger partial charge in [0.05, 0.1) is 25.7 Å². The van der Waals surface area contributed by atoms with Crippen LogP contribution in [0.5, 0.6) is 11.5 Å². The zero-order valence-electron chi connectivity index (χ0n) is 16.9. The molecule has 26 heavy (non-hydrogen) atoms. The van der Waals surface area contributed by atoms with Gasteiger partial charge >= 0.3 is 0 Å². The number of methoxy groups -OCH3 is 1. The van der Waals surface area contributed by atoms with Gasteiger partial charge < -0.3 is 19.0 Å². The van der Waals surface area contributed by atoms with Crippen molar-refractivity contribution in [3.63, 3.8) is 0 Å². The third-order valence-corrected chi connectivity index (χ3v) is 10.9. The number of benzene rings is 1. The van der Waals surface area contributed by atoms with E-state index in [1.165, 1.54) is 0 Å². The molecule has 0 saturated heterocycles. The quantitative estimate of drug-likeness (QED) is 0.605. The van der Waals surface area contributed by atoms with Gasteiger partial charge in [-0.25, -0.2) is 0 Å². The summed E-state index contributed by atoms with van der Waals surface area (Å²) in [6.07, 6.45) is 6.11. The van der Waals surface area contributed by atoms with Crippen LogP contribution in [0, 0.1) is 0 Å². The van der Waals surface area contributed by atoms with Crippen LogP contribution >= 0.6 is 0 Å². The molecular weight excluding hydrogens is 344 g/mol. The molecule has 0 amide bonds. The molecule has 4 nitrogen and oxygen atoms in total. The normalized spacial score (nSPS) is 24.8. The Bertz CT molecular complexity index is 705. The predicted molar refractivity (Wildman–Crippen MR) is 107 cm³/mol. The number of ether oxygens (including phenoxy) is 2. The maximum atomic E-state index is 10.3. The highest BCUT2D eigenvalue weighted by molar-refractivity contribution is 6.74. The number of allylic oxidation sites excluding steroid dienone is 1. The molecule has 1 aliphatic heterocycles. The van der Waals surface area contributed by atoms with Gasteiger partial charge in [0.25, 0.3) is 0 Å². The van der Waals surface area contributed by atoms with Crippen LogP contribution in [0.3, 0.4) is 0 Å². The van der Waals surface area contributed by atoms with Gasteiger partial charge in [-0.05, 0) is 42.6 Å². The fourth-order valence-electron chi connectivity index (χ4n) is 3.68. The summed E-state index contributed by atoms with van der Waals surface area (Å²) in [4.78, 5) is 0. The molecule has 0 radical (unpaired) electrons. The lowest BCUT2D eigenvalue weighted by Crippen LogP contribution is -2.43. The summed E-state index contributed by atoms with van der Waals surface area (Å²) in [5.74, 6) is 1.50. The number of hydrogen-bond acceptors (Lipinski definition) is 4. The standard InChI is InChI=1S/C21H32O4Si/c1-20(2,3)26(5,6)24-13-15-10-11-16(23-4)19-18(15)21(14-22)12-8-7-9-17(21)25-19/h8,10-12,17,22H,7,9,13-14H2,1-6H3/t17-,21-/m0/s1. The van der Waals surface area contributed by atoms with Crippen molar-refractivity contribution in [3.05, 3.63) is 35.4 Å². The smallest absolute Gasteiger partial charge is 0.192 e. The third-order valence-electron chi connectivity index (χ3n) is 6.40. The maximum Gasteiger partial charge on any atom is 0.192 e. The van der Waals surface area contributed by atoms with Crippen molar-refractivity contribution in [3.8, 4) is 11.5 Å². The molecule has 0 saturated carbocycles. The molecule has 2 atom stereocenters. The molecule has 1 aromatic carbocycles. The summed E-state index contributed by atoms with van der Waals surface area (Å²) in [5, 5.41) is 10.5. The highest BCUT2D eigenvalue weighted by Gasteiger charge is 2.50. The first-order chi connectivity index (χ1) is 12.2. The van der Waals surface area contributed by atoms with Crippen molar-refractivity contribution < 1.29 is 19.0 Å². The SMILES string of the molecule is COc1ccc(CO[Si](C)(C)C(C)(C)C)c2c1O[C@H]1CCC=C[C@@]21CO. The molecule has 0 aromatic heterocycles. The van der Waals surface area contributed by atoms with Gasteiger partial charge in [0.15, 0.2) is 19.8 Å². The molecule has 3 rings (SSSR count). The van der Waals surface area contributed by atoms with Crippen molar-refractivity contribution in [2.75, 3.05) is 13.7 Å². The topological polar surface area (TPSA) is 47.9 Å². The summed E-state index contributed by atoms with van der Waals surface area (Å²) in [6.45, 7) is 11.8. The number of hydrogen-bond donors (Lipinski definition) is 1. The second-order valence-electron chi connectivity index (χ2n) is 8.96. The van der Waals surface area contributed by atoms with E-state index >= 15 is 0 Å². The molecule has 0 fully saturated rings. The Morgan fingerprint density at radius 1 is 1.31 bits per heavy atom. The summed E-state index contributed by atoms with van der Waals surface area (Å²) >= 11 is 0. The first kappa shape index (κ1) is 19.5. The second kappa shape index (κ2) is 6.70. The average molecular weight is 377 g/mol. The van der Waals surface area contributed by atoms with E-state index in [-0.39, 0.29) is 17.7 Å². The Hall–Kier alpha value is -1.30. The molecule has 1 aliphatic carbocycles. The molecule has 5 heteroatoms. The molecule has 0 spiro atoms. The largest absolute Gasteiger partial charge is 0.493 e. The van der Waals surface area contributed by atoms with Crippen LogP contribution in [0.2, 0.25) is 18.1 Å². The van der Waals surface area contributed by atoms with Gasteiger partial charge in [-0.2, -0.15) is 0 Å². The Morgan fingerprint density at radius 3 is 2.65 bits per heavy atom. The van der Waals surface area contributed by atoms with E-state index in [1.54, 1.807) is 7.11 Å². The van der Waals surface area contributed by atoms with Crippen molar-refractivity contribution in [2.45, 2.75) is 69.9 Å². The van der Waals surface area contributed by atoms with Crippen molar-refractivity contribution >= 4 is 8.32 Å². The van der Waals surface area contributed by atoms with Gasteiger partial charge in [0, 0.05) is 5.56 Å². The molecule has 0 unspecified atom stereocenters. The highest BCUT2D eigenvalue weighted by Crippen LogP contribution is 2.53. The minimum atomic E-state index is -1.87. The fourth-order valence-corrected chi connectivity index (χ4v) is 4.63. The molecule has 1 aromatic rings. The highest BCUT2D eigenvalue weighted by atomic mass is 28.4. The predicted octanol–water partition coefficient (Wildman–Crippen LogP) is 4.56. The summed E-state index contributed by atoms with van der Waals surface area (Å²) < 4.78 is 18.3. The Kier molecular flexibility index (Phi) is 5.01. The Morgan fingerprint density at radius 2 is 2.04 bits per heavy atom. The van der Waals surface area contributed by atoms with Crippen molar-refractivity contribution in [2.24, 2.45) is 0 Å². The molecule has 0 bridgehead atoms. The molecule has 1 N–H and O–H groups in total. The van der Waals surface area contributed by atoms with E-state index in [2.05, 4.69) is 52.1 Å². The van der Waals surface area contributed by atoms with Crippen molar-refractivity contribution in [1.82, 2.24) is 0 Å². The van der Waals surface area contributed by atoms with Crippen LogP contribution in [0.1, 0.15) is 44.7 Å². The van der Waals surface area contributed by atoms with Crippen molar-refractivity contribution in [1.29, 1.82) is 0 Å². The fraction of sp³-hybridized carbons (Fsp3) is 0.619. The lowest BCUT2D eigenvalue weighted by Gasteiger charge is -2.37. The van der Waals surface area contributed by atoms with Gasteiger partial charge in [0.1, 0.15) is 6.10 Å². The molecule has 1 heterocycles. The zero-order valence-corrected chi connectivity index (χ0v) is 17.9. The van der Waals surface area contributed by atoms with Crippen LogP contribution in [-0.2, 0) is 16.4 Å². The summed E-state index contributed by atoms with van der Waals surface area (Å²) in [5.41, 5.74) is 1.64. The van der Waals surface area contributed by atoms with Crippen LogP contribution in [-0.4, -0.2) is 33.2 Å². The van der Waals surface area contributed by atoms with Crippen LogP contribution in [0.15, 0.2) is 24.3 Å². The third kappa shape index (κ3) is 3.00. The Labute approximate surface area is 158 Å². The monoisotopic (exact) mass is 376 g/mol. The lowest BCUT2D eigenvalue weighted by molar-refractivity contribution is 0.103. The number of fused-ring (bicyclic) bond motifs is 3. The number of aliphatic hydroxyl groups is 1. The van der Waals surface area contributed by atoms with E-state index in [9.17, 15) is 5.11 Å².